The molecule has 1 atom stereocenters. The SMILES string of the molecule is COCCc1noc(CN2CC[C@]3(CCCN(C(C)C)C3=O)C2)n1. The zero-order chi connectivity index (χ0) is 17.2. The normalized spacial score (nSPS) is 25.3. The van der Waals surface area contributed by atoms with Crippen molar-refractivity contribution in [2.75, 3.05) is 33.4 Å². The first-order valence-corrected chi connectivity index (χ1v) is 8.88. The van der Waals surface area contributed by atoms with Crippen LogP contribution in [0.2, 0.25) is 0 Å². The number of methoxy groups -OCH3 is 1. The van der Waals surface area contributed by atoms with Gasteiger partial charge in [0.2, 0.25) is 11.8 Å². The van der Waals surface area contributed by atoms with Gasteiger partial charge in [-0.1, -0.05) is 5.16 Å². The fourth-order valence-electron chi connectivity index (χ4n) is 3.91. The molecule has 0 aromatic carbocycles. The van der Waals surface area contributed by atoms with Crippen molar-refractivity contribution in [2.24, 2.45) is 5.41 Å². The lowest BCUT2D eigenvalue weighted by molar-refractivity contribution is -0.147. The quantitative estimate of drug-likeness (QED) is 0.784. The number of carbonyl (C=O) groups is 1. The molecule has 2 aliphatic rings. The third kappa shape index (κ3) is 3.47. The Kier molecular flexibility index (Phi) is 5.20. The highest BCUT2D eigenvalue weighted by molar-refractivity contribution is 5.84. The number of nitrogens with zero attached hydrogens (tertiary/aromatic N) is 4. The standard InChI is InChI=1S/C17H28N4O3/c1-13(2)21-8-4-6-17(16(21)22)7-9-20(12-17)11-15-18-14(19-24-15)5-10-23-3/h13H,4-12H2,1-3H3/t17-/m1/s1. The van der Waals surface area contributed by atoms with Gasteiger partial charge in [0.25, 0.3) is 0 Å². The maximum atomic E-state index is 12.9. The summed E-state index contributed by atoms with van der Waals surface area (Å²) in [4.78, 5) is 21.7. The van der Waals surface area contributed by atoms with E-state index in [1.54, 1.807) is 7.11 Å². The molecule has 3 heterocycles. The molecule has 0 N–H and O–H groups in total. The fraction of sp³-hybridized carbons (Fsp3) is 0.824. The van der Waals surface area contributed by atoms with Crippen LogP contribution < -0.4 is 0 Å². The van der Waals surface area contributed by atoms with Crippen LogP contribution in [0.4, 0.5) is 0 Å². The van der Waals surface area contributed by atoms with Crippen molar-refractivity contribution in [3.05, 3.63) is 11.7 Å². The number of piperidine rings is 1. The molecular weight excluding hydrogens is 308 g/mol. The summed E-state index contributed by atoms with van der Waals surface area (Å²) in [6.45, 7) is 8.01. The van der Waals surface area contributed by atoms with Gasteiger partial charge in [0.1, 0.15) is 0 Å². The van der Waals surface area contributed by atoms with Gasteiger partial charge in [-0.15, -0.1) is 0 Å². The molecule has 1 aromatic heterocycles. The molecule has 3 rings (SSSR count). The Hall–Kier alpha value is -1.47. The zero-order valence-electron chi connectivity index (χ0n) is 15.0. The molecule has 2 fully saturated rings. The summed E-state index contributed by atoms with van der Waals surface area (Å²) in [5.74, 6) is 1.64. The van der Waals surface area contributed by atoms with Crippen molar-refractivity contribution >= 4 is 5.91 Å². The van der Waals surface area contributed by atoms with Crippen molar-refractivity contribution in [1.82, 2.24) is 19.9 Å². The van der Waals surface area contributed by atoms with Gasteiger partial charge >= 0.3 is 0 Å². The predicted octanol–water partition coefficient (Wildman–Crippen LogP) is 1.48. The van der Waals surface area contributed by atoms with Gasteiger partial charge in [-0.25, -0.2) is 0 Å². The smallest absolute Gasteiger partial charge is 0.240 e. The molecule has 2 aliphatic heterocycles. The van der Waals surface area contributed by atoms with Crippen molar-refractivity contribution in [2.45, 2.75) is 52.1 Å². The average molecular weight is 336 g/mol. The van der Waals surface area contributed by atoms with E-state index in [1.807, 2.05) is 4.90 Å². The number of rotatable bonds is 6. The lowest BCUT2D eigenvalue weighted by Crippen LogP contribution is -2.52. The highest BCUT2D eigenvalue weighted by atomic mass is 16.5. The van der Waals surface area contributed by atoms with Crippen LogP contribution in [0.15, 0.2) is 4.52 Å². The second-order valence-corrected chi connectivity index (χ2v) is 7.28. The first kappa shape index (κ1) is 17.4. The third-order valence-corrected chi connectivity index (χ3v) is 5.22. The predicted molar refractivity (Wildman–Crippen MR) is 88.3 cm³/mol. The molecule has 134 valence electrons. The zero-order valence-corrected chi connectivity index (χ0v) is 15.0. The average Bonchev–Trinajstić information content (AvgIpc) is 3.16. The second-order valence-electron chi connectivity index (χ2n) is 7.28. The van der Waals surface area contributed by atoms with Gasteiger partial charge in [0.05, 0.1) is 18.6 Å². The van der Waals surface area contributed by atoms with E-state index in [0.717, 1.165) is 38.9 Å². The number of hydrogen-bond donors (Lipinski definition) is 0. The van der Waals surface area contributed by atoms with Gasteiger partial charge in [-0.2, -0.15) is 4.98 Å². The summed E-state index contributed by atoms with van der Waals surface area (Å²) >= 11 is 0. The summed E-state index contributed by atoms with van der Waals surface area (Å²) in [6.07, 6.45) is 3.68. The second kappa shape index (κ2) is 7.19. The molecule has 1 spiro atoms. The van der Waals surface area contributed by atoms with E-state index < -0.39 is 0 Å². The summed E-state index contributed by atoms with van der Waals surface area (Å²) < 4.78 is 10.4. The van der Waals surface area contributed by atoms with Crippen LogP contribution in [0.5, 0.6) is 0 Å². The minimum atomic E-state index is -0.207. The Labute approximate surface area is 143 Å². The Bertz CT molecular complexity index is 574. The molecule has 7 nitrogen and oxygen atoms in total. The number of likely N-dealkylation sites (tertiary alicyclic amines) is 2. The van der Waals surface area contributed by atoms with Gasteiger partial charge in [-0.3, -0.25) is 9.69 Å². The van der Waals surface area contributed by atoms with Crippen LogP contribution in [-0.2, 0) is 22.5 Å². The van der Waals surface area contributed by atoms with E-state index >= 15 is 0 Å². The van der Waals surface area contributed by atoms with E-state index in [9.17, 15) is 4.79 Å². The molecular formula is C17H28N4O3. The van der Waals surface area contributed by atoms with Crippen LogP contribution in [0.3, 0.4) is 0 Å². The molecule has 0 aliphatic carbocycles. The van der Waals surface area contributed by atoms with Crippen molar-refractivity contribution in [1.29, 1.82) is 0 Å². The summed E-state index contributed by atoms with van der Waals surface area (Å²) in [5.41, 5.74) is -0.207. The van der Waals surface area contributed by atoms with Crippen LogP contribution in [0.1, 0.15) is 44.8 Å². The Morgan fingerprint density at radius 3 is 2.92 bits per heavy atom. The summed E-state index contributed by atoms with van der Waals surface area (Å²) in [7, 11) is 1.66. The van der Waals surface area contributed by atoms with E-state index in [-0.39, 0.29) is 11.5 Å². The molecule has 1 aromatic rings. The lowest BCUT2D eigenvalue weighted by Gasteiger charge is -2.41. The highest BCUT2D eigenvalue weighted by Gasteiger charge is 2.48. The number of aromatic nitrogens is 2. The van der Waals surface area contributed by atoms with Gasteiger partial charge in [-0.05, 0) is 39.7 Å². The number of hydrogen-bond acceptors (Lipinski definition) is 6. The Morgan fingerprint density at radius 1 is 1.33 bits per heavy atom. The van der Waals surface area contributed by atoms with Crippen LogP contribution in [0.25, 0.3) is 0 Å². The monoisotopic (exact) mass is 336 g/mol. The lowest BCUT2D eigenvalue weighted by atomic mass is 9.78. The Morgan fingerprint density at radius 2 is 2.17 bits per heavy atom. The largest absolute Gasteiger partial charge is 0.384 e. The van der Waals surface area contributed by atoms with Gasteiger partial charge in [0.15, 0.2) is 5.82 Å². The van der Waals surface area contributed by atoms with E-state index in [2.05, 4.69) is 28.9 Å². The molecule has 0 unspecified atom stereocenters. The minimum absolute atomic E-state index is 0.207. The molecule has 24 heavy (non-hydrogen) atoms. The molecule has 0 radical (unpaired) electrons. The maximum absolute atomic E-state index is 12.9. The first-order chi connectivity index (χ1) is 11.5. The highest BCUT2D eigenvalue weighted by Crippen LogP contribution is 2.40. The number of carbonyl (C=O) groups excluding carboxylic acids is 1. The topological polar surface area (TPSA) is 71.7 Å². The van der Waals surface area contributed by atoms with Gasteiger partial charge in [0, 0.05) is 32.7 Å². The van der Waals surface area contributed by atoms with Crippen molar-refractivity contribution in [3.63, 3.8) is 0 Å². The third-order valence-electron chi connectivity index (χ3n) is 5.22. The maximum Gasteiger partial charge on any atom is 0.240 e. The van der Waals surface area contributed by atoms with Gasteiger partial charge < -0.3 is 14.2 Å². The first-order valence-electron chi connectivity index (χ1n) is 8.88. The van der Waals surface area contributed by atoms with E-state index in [0.29, 0.717) is 37.2 Å². The molecule has 0 bridgehead atoms. The summed E-state index contributed by atoms with van der Waals surface area (Å²) in [6, 6.07) is 0.281. The van der Waals surface area contributed by atoms with Crippen LogP contribution in [0, 0.1) is 5.41 Å². The number of amides is 1. The molecule has 0 saturated carbocycles. The van der Waals surface area contributed by atoms with E-state index in [4.69, 9.17) is 9.26 Å². The Balaban J connectivity index is 1.60. The van der Waals surface area contributed by atoms with Crippen molar-refractivity contribution < 1.29 is 14.1 Å². The van der Waals surface area contributed by atoms with E-state index in [1.165, 1.54) is 0 Å². The van der Waals surface area contributed by atoms with Crippen molar-refractivity contribution in [3.8, 4) is 0 Å². The van der Waals surface area contributed by atoms with Crippen LogP contribution >= 0.6 is 0 Å². The minimum Gasteiger partial charge on any atom is -0.384 e. The fourth-order valence-corrected chi connectivity index (χ4v) is 3.91. The number of ether oxygens (including phenoxy) is 1. The molecule has 7 heteroatoms. The van der Waals surface area contributed by atoms with Crippen LogP contribution in [-0.4, -0.2) is 65.2 Å². The molecule has 2 saturated heterocycles. The summed E-state index contributed by atoms with van der Waals surface area (Å²) in [5, 5.41) is 3.98. The molecule has 1 amide bonds.